The summed E-state index contributed by atoms with van der Waals surface area (Å²) in [7, 11) is 3.48. The lowest BCUT2D eigenvalue weighted by Crippen LogP contribution is -1.99. The van der Waals surface area contributed by atoms with E-state index >= 15 is 0 Å². The Labute approximate surface area is 181 Å². The number of hydrogen-bond acceptors (Lipinski definition) is 6. The van der Waals surface area contributed by atoms with Crippen molar-refractivity contribution >= 4 is 28.9 Å². The highest BCUT2D eigenvalue weighted by Crippen LogP contribution is 2.28. The average Bonchev–Trinajstić information content (AvgIpc) is 3.07. The Kier molecular flexibility index (Phi) is 5.84. The molecule has 0 aliphatic carbocycles. The molecule has 0 atom stereocenters. The van der Waals surface area contributed by atoms with Crippen LogP contribution in [0.25, 0.3) is 11.0 Å². The van der Waals surface area contributed by atoms with Crippen molar-refractivity contribution in [3.8, 4) is 11.5 Å². The van der Waals surface area contributed by atoms with Crippen LogP contribution in [0.15, 0.2) is 65.9 Å². The van der Waals surface area contributed by atoms with Gasteiger partial charge in [0, 0.05) is 31.1 Å². The van der Waals surface area contributed by atoms with Gasteiger partial charge in [0.2, 0.25) is 5.95 Å². The summed E-state index contributed by atoms with van der Waals surface area (Å²) in [6.45, 7) is 4.37. The molecule has 0 aliphatic rings. The number of oxime groups is 1. The van der Waals surface area contributed by atoms with Gasteiger partial charge in [0.25, 0.3) is 0 Å². The summed E-state index contributed by atoms with van der Waals surface area (Å²) in [4.78, 5) is 13.7. The van der Waals surface area contributed by atoms with E-state index in [0.29, 0.717) is 23.1 Å². The fourth-order valence-corrected chi connectivity index (χ4v) is 3.26. The van der Waals surface area contributed by atoms with E-state index < -0.39 is 0 Å². The molecule has 2 aromatic carbocycles. The minimum Gasteiger partial charge on any atom is -0.457 e. The van der Waals surface area contributed by atoms with Gasteiger partial charge in [0.05, 0.1) is 22.9 Å². The van der Waals surface area contributed by atoms with Crippen LogP contribution >= 0.6 is 0 Å². The van der Waals surface area contributed by atoms with Crippen molar-refractivity contribution in [1.82, 2.24) is 14.5 Å². The Morgan fingerprint density at radius 1 is 1.06 bits per heavy atom. The highest BCUT2D eigenvalue weighted by molar-refractivity contribution is 5.81. The lowest BCUT2D eigenvalue weighted by Gasteiger charge is -2.10. The first-order chi connectivity index (χ1) is 15.0. The van der Waals surface area contributed by atoms with E-state index in [1.165, 1.54) is 18.9 Å². The van der Waals surface area contributed by atoms with Crippen LogP contribution in [0.1, 0.15) is 31.0 Å². The number of rotatable bonds is 7. The first-order valence-corrected chi connectivity index (χ1v) is 10.1. The molecule has 0 unspecified atom stereocenters. The van der Waals surface area contributed by atoms with E-state index in [0.717, 1.165) is 22.7 Å². The molecule has 158 valence electrons. The van der Waals surface area contributed by atoms with Crippen LogP contribution in [-0.4, -0.2) is 27.9 Å². The maximum absolute atomic E-state index is 6.00. The molecule has 0 amide bonds. The monoisotopic (exact) mass is 415 g/mol. The van der Waals surface area contributed by atoms with Crippen molar-refractivity contribution < 1.29 is 9.57 Å². The summed E-state index contributed by atoms with van der Waals surface area (Å²) in [6.07, 6.45) is 3.19. The molecular formula is C24H25N5O2. The van der Waals surface area contributed by atoms with Gasteiger partial charge in [0.1, 0.15) is 18.6 Å². The molecule has 4 rings (SSSR count). The zero-order chi connectivity index (χ0) is 21.8. The Morgan fingerprint density at radius 3 is 2.71 bits per heavy atom. The molecule has 0 saturated heterocycles. The van der Waals surface area contributed by atoms with Crippen molar-refractivity contribution in [3.05, 3.63) is 72.1 Å². The molecule has 0 radical (unpaired) electrons. The van der Waals surface area contributed by atoms with E-state index in [-0.39, 0.29) is 0 Å². The van der Waals surface area contributed by atoms with Gasteiger partial charge in [0.15, 0.2) is 0 Å². The number of anilines is 2. The number of benzene rings is 2. The van der Waals surface area contributed by atoms with E-state index in [4.69, 9.17) is 14.6 Å². The van der Waals surface area contributed by atoms with Crippen molar-refractivity contribution in [2.24, 2.45) is 12.2 Å². The first-order valence-electron chi connectivity index (χ1n) is 10.1. The number of pyridine rings is 1. The summed E-state index contributed by atoms with van der Waals surface area (Å²) in [6, 6.07) is 17.8. The lowest BCUT2D eigenvalue weighted by molar-refractivity contribution is 0.215. The highest BCUT2D eigenvalue weighted by Gasteiger charge is 2.10. The zero-order valence-corrected chi connectivity index (χ0v) is 18.0. The fraction of sp³-hybridized carbons (Fsp3) is 0.208. The predicted octanol–water partition coefficient (Wildman–Crippen LogP) is 5.61. The fourth-order valence-electron chi connectivity index (χ4n) is 3.26. The second-order valence-electron chi connectivity index (χ2n) is 7.49. The largest absolute Gasteiger partial charge is 0.457 e. The van der Waals surface area contributed by atoms with Crippen LogP contribution in [0.3, 0.4) is 0 Å². The van der Waals surface area contributed by atoms with E-state index in [1.54, 1.807) is 18.3 Å². The molecule has 7 nitrogen and oxygen atoms in total. The Balaban J connectivity index is 1.58. The van der Waals surface area contributed by atoms with Crippen molar-refractivity contribution in [2.45, 2.75) is 19.8 Å². The third-order valence-electron chi connectivity index (χ3n) is 4.94. The maximum Gasteiger partial charge on any atom is 0.208 e. The number of hydrogen-bond donors (Lipinski definition) is 1. The number of imidazole rings is 1. The van der Waals surface area contributed by atoms with Gasteiger partial charge in [-0.15, -0.1) is 0 Å². The molecule has 0 aliphatic heterocycles. The van der Waals surface area contributed by atoms with Gasteiger partial charge in [-0.1, -0.05) is 31.1 Å². The average molecular weight is 415 g/mol. The van der Waals surface area contributed by atoms with Gasteiger partial charge in [-0.05, 0) is 41.8 Å². The third-order valence-corrected chi connectivity index (χ3v) is 4.94. The molecule has 0 bridgehead atoms. The van der Waals surface area contributed by atoms with Gasteiger partial charge >= 0.3 is 0 Å². The molecule has 31 heavy (non-hydrogen) atoms. The van der Waals surface area contributed by atoms with Gasteiger partial charge in [-0.2, -0.15) is 0 Å². The predicted molar refractivity (Wildman–Crippen MR) is 123 cm³/mol. The summed E-state index contributed by atoms with van der Waals surface area (Å²) in [5.74, 6) is 2.60. The van der Waals surface area contributed by atoms with E-state index in [9.17, 15) is 0 Å². The van der Waals surface area contributed by atoms with Gasteiger partial charge < -0.3 is 19.5 Å². The molecule has 2 heterocycles. The minimum atomic E-state index is 0.469. The van der Waals surface area contributed by atoms with Crippen LogP contribution < -0.4 is 10.1 Å². The molecule has 0 fully saturated rings. The number of aryl methyl sites for hydroxylation is 1. The van der Waals surface area contributed by atoms with Crippen LogP contribution in [0, 0.1) is 0 Å². The summed E-state index contributed by atoms with van der Waals surface area (Å²) < 4.78 is 8.04. The summed E-state index contributed by atoms with van der Waals surface area (Å²) >= 11 is 0. The van der Waals surface area contributed by atoms with Crippen LogP contribution in [0.2, 0.25) is 0 Å². The summed E-state index contributed by atoms with van der Waals surface area (Å²) in [5.41, 5.74) is 4.80. The normalized spacial score (nSPS) is 11.4. The zero-order valence-electron chi connectivity index (χ0n) is 18.0. The lowest BCUT2D eigenvalue weighted by atomic mass is 10.0. The molecule has 4 aromatic rings. The highest BCUT2D eigenvalue weighted by atomic mass is 16.6. The topological polar surface area (TPSA) is 73.6 Å². The number of nitrogens with zero attached hydrogens (tertiary/aromatic N) is 4. The maximum atomic E-state index is 6.00. The minimum absolute atomic E-state index is 0.469. The molecule has 0 spiro atoms. The SMILES string of the molecule is CO/N=C/c1cc(Oc2ccc3c(c2)nc(Nc2cccc(C(C)C)c2)n3C)ccn1. The smallest absolute Gasteiger partial charge is 0.208 e. The van der Waals surface area contributed by atoms with Crippen molar-refractivity contribution in [2.75, 3.05) is 12.4 Å². The quantitative estimate of drug-likeness (QED) is 0.314. The standard InChI is InChI=1S/C24H25N5O2/c1-16(2)17-6-5-7-18(12-17)27-24-28-22-14-20(8-9-23(22)29(24)3)31-21-10-11-25-19(13-21)15-26-30-4/h5-16H,1-4H3,(H,27,28)/b26-15+. The molecular weight excluding hydrogens is 390 g/mol. The Hall–Kier alpha value is -3.87. The molecule has 7 heteroatoms. The van der Waals surface area contributed by atoms with Crippen molar-refractivity contribution in [1.29, 1.82) is 0 Å². The number of ether oxygens (including phenoxy) is 1. The second kappa shape index (κ2) is 8.87. The molecule has 0 saturated carbocycles. The Bertz CT molecular complexity index is 1230. The van der Waals surface area contributed by atoms with Gasteiger partial charge in [-0.25, -0.2) is 4.98 Å². The van der Waals surface area contributed by atoms with Crippen LogP contribution in [-0.2, 0) is 11.9 Å². The number of aromatic nitrogens is 3. The van der Waals surface area contributed by atoms with E-state index in [2.05, 4.69) is 47.5 Å². The van der Waals surface area contributed by atoms with E-state index in [1.807, 2.05) is 35.9 Å². The van der Waals surface area contributed by atoms with Crippen LogP contribution in [0.5, 0.6) is 11.5 Å². The van der Waals surface area contributed by atoms with Crippen LogP contribution in [0.4, 0.5) is 11.6 Å². The number of nitrogens with one attached hydrogen (secondary N) is 1. The third kappa shape index (κ3) is 4.66. The molecule has 1 N–H and O–H groups in total. The van der Waals surface area contributed by atoms with Gasteiger partial charge in [-0.3, -0.25) is 4.98 Å². The first kappa shape index (κ1) is 20.4. The summed E-state index contributed by atoms with van der Waals surface area (Å²) in [5, 5.41) is 7.16. The second-order valence-corrected chi connectivity index (χ2v) is 7.49. The Morgan fingerprint density at radius 2 is 1.90 bits per heavy atom. The van der Waals surface area contributed by atoms with Crippen molar-refractivity contribution in [3.63, 3.8) is 0 Å². The molecule has 2 aromatic heterocycles. The number of fused-ring (bicyclic) bond motifs is 1.